The SMILES string of the molecule is CC(C)I.CC(C)N1C(=O)Cn2c1nc(C(F)(F)F)c(Br)c2=O.CC(C)N1C(=O)Cn2c1nc(C(F)(F)F)cc2=O.O=C1Cn2c(nc(C(F)(F)F)cc2=O)N1.[B]=NS.[H-].[Na+]. The molecule has 0 atom stereocenters. The van der Waals surface area contributed by atoms with Crippen LogP contribution in [0.25, 0.3) is 0 Å². The van der Waals surface area contributed by atoms with Crippen molar-refractivity contribution in [3.8, 4) is 0 Å². The number of carbonyl (C=O) groups is 3. The van der Waals surface area contributed by atoms with Gasteiger partial charge in [-0.25, -0.2) is 15.0 Å². The number of alkyl halides is 10. The summed E-state index contributed by atoms with van der Waals surface area (Å²) in [6.45, 7) is 10.00. The average Bonchev–Trinajstić information content (AvgIpc) is 3.73. The predicted octanol–water partition coefficient (Wildman–Crippen LogP) is 2.14. The third-order valence-electron chi connectivity index (χ3n) is 7.08. The number of hydrogen-bond donors (Lipinski definition) is 2. The van der Waals surface area contributed by atoms with Gasteiger partial charge < -0.3 is 1.43 Å². The van der Waals surface area contributed by atoms with Gasteiger partial charge in [0.2, 0.25) is 35.6 Å². The third kappa shape index (κ3) is 13.9. The van der Waals surface area contributed by atoms with E-state index in [4.69, 9.17) is 0 Å². The summed E-state index contributed by atoms with van der Waals surface area (Å²) < 4.78 is 118. The van der Waals surface area contributed by atoms with Crippen molar-refractivity contribution in [1.29, 1.82) is 0 Å². The van der Waals surface area contributed by atoms with Crippen LogP contribution >= 0.6 is 51.3 Å². The fraction of sp³-hybridized carbons (Fsp3) is 0.500. The molecule has 3 aliphatic heterocycles. The zero-order valence-electron chi connectivity index (χ0n) is 33.2. The Hall–Kier alpha value is -3.16. The number of aromatic nitrogens is 6. The van der Waals surface area contributed by atoms with Crippen molar-refractivity contribution < 1.29 is 84.9 Å². The van der Waals surface area contributed by atoms with E-state index in [0.717, 1.165) is 27.4 Å². The standard InChI is InChI=1S/C10H9BrF3N3O2.C10H10F3N3O2.C7H4F3N3O2.C3H7I.BHNS.Na.H/c1-4(2)17-5(18)3-16-8(19)6(11)7(10(12,13)14)15-9(16)17;1-5(2)16-8(18)4-15-7(17)3-6(10(11,12)13)14-9(15)16;8-7(9,10)3-1-5(15)13-2-4(14)12-6(13)11-3;1-3(2)4;1-2-3;;/h4H,3H2,1-2H3;3,5H,4H2,1-2H3;1H,2H2,(H,11,12,14);3H,1-2H3;3H;;/q;;;;;+1;-1. The Morgan fingerprint density at radius 2 is 1.12 bits per heavy atom. The van der Waals surface area contributed by atoms with Crippen LogP contribution in [0.1, 0.15) is 60.1 Å². The molecule has 3 aromatic heterocycles. The second-order valence-corrected chi connectivity index (χ2v) is 16.1. The number of fused-ring (bicyclic) bond motifs is 3. The van der Waals surface area contributed by atoms with Gasteiger partial charge in [-0.15, -0.1) is 0 Å². The maximum absolute atomic E-state index is 12.8. The molecule has 1 N–H and O–H groups in total. The molecule has 16 nitrogen and oxygen atoms in total. The number of rotatable bonds is 2. The van der Waals surface area contributed by atoms with E-state index in [2.05, 4.69) is 97.4 Å². The molecular weight excluding hydrogens is 1040 g/mol. The van der Waals surface area contributed by atoms with Crippen LogP contribution in [0.4, 0.5) is 57.4 Å². The van der Waals surface area contributed by atoms with Gasteiger partial charge in [-0.05, 0) is 43.6 Å². The molecule has 30 heteroatoms. The number of halogens is 11. The van der Waals surface area contributed by atoms with E-state index in [1.165, 1.54) is 0 Å². The molecule has 0 aliphatic carbocycles. The molecule has 6 heterocycles. The summed E-state index contributed by atoms with van der Waals surface area (Å²) in [5, 5.41) is 2.06. The minimum atomic E-state index is -4.76. The smallest absolute Gasteiger partial charge is 1.00 e. The van der Waals surface area contributed by atoms with Crippen molar-refractivity contribution >= 4 is 94.5 Å². The molecule has 3 aliphatic rings. The Morgan fingerprint density at radius 3 is 1.52 bits per heavy atom. The molecule has 60 heavy (non-hydrogen) atoms. The maximum atomic E-state index is 12.8. The molecule has 3 aromatic rings. The largest absolute Gasteiger partial charge is 1.00 e. The summed E-state index contributed by atoms with van der Waals surface area (Å²) in [5.74, 6) is -2.31. The molecule has 325 valence electrons. The van der Waals surface area contributed by atoms with Crippen LogP contribution in [-0.2, 0) is 52.5 Å². The van der Waals surface area contributed by atoms with Crippen molar-refractivity contribution in [3.63, 3.8) is 0 Å². The van der Waals surface area contributed by atoms with E-state index in [-0.39, 0.29) is 80.5 Å². The Kier molecular flexibility index (Phi) is 19.9. The van der Waals surface area contributed by atoms with E-state index in [1.54, 1.807) is 27.7 Å². The van der Waals surface area contributed by atoms with Crippen LogP contribution in [0.15, 0.2) is 35.3 Å². The van der Waals surface area contributed by atoms with Gasteiger partial charge in [-0.3, -0.25) is 57.6 Å². The normalized spacial score (nSPS) is 14.0. The first-order valence-electron chi connectivity index (χ1n) is 16.3. The van der Waals surface area contributed by atoms with Crippen LogP contribution in [-0.4, -0.2) is 70.0 Å². The number of carbonyl (C=O) groups excluding carboxylic acids is 3. The molecule has 0 saturated carbocycles. The van der Waals surface area contributed by atoms with Crippen molar-refractivity contribution in [2.45, 2.75) is 95.7 Å². The summed E-state index contributed by atoms with van der Waals surface area (Å²) in [5.41, 5.74) is -6.58. The molecule has 0 spiro atoms. The van der Waals surface area contributed by atoms with Crippen molar-refractivity contribution in [2.24, 2.45) is 4.30 Å². The molecule has 0 bridgehead atoms. The molecule has 6 rings (SSSR count). The first-order valence-corrected chi connectivity index (χ1v) is 18.7. The average molecular weight is 1070 g/mol. The summed E-state index contributed by atoms with van der Waals surface area (Å²) in [7, 11) is 4.34. The van der Waals surface area contributed by atoms with Crippen molar-refractivity contribution in [1.82, 2.24) is 28.7 Å². The van der Waals surface area contributed by atoms with E-state index in [1.807, 2.05) is 0 Å². The monoisotopic (exact) mass is 1070 g/mol. The molecule has 0 unspecified atom stereocenters. The maximum Gasteiger partial charge on any atom is 1.00 e. The first-order chi connectivity index (χ1) is 26.9. The quantitative estimate of drug-likeness (QED) is 0.128. The van der Waals surface area contributed by atoms with E-state index >= 15 is 0 Å². The fourth-order valence-electron chi connectivity index (χ4n) is 4.90. The Morgan fingerprint density at radius 1 is 0.733 bits per heavy atom. The predicted molar refractivity (Wildman–Crippen MR) is 210 cm³/mol. The van der Waals surface area contributed by atoms with Crippen LogP contribution < -0.4 is 61.4 Å². The summed E-state index contributed by atoms with van der Waals surface area (Å²) >= 11 is 8.14. The number of nitrogens with one attached hydrogen (secondary N) is 1. The summed E-state index contributed by atoms with van der Waals surface area (Å²) in [6, 6.07) is 0.0294. The minimum absolute atomic E-state index is 0. The van der Waals surface area contributed by atoms with E-state index in [0.29, 0.717) is 12.1 Å². The zero-order chi connectivity index (χ0) is 45.7. The Bertz CT molecular complexity index is 2280. The molecule has 0 aromatic carbocycles. The number of thiol groups is 1. The van der Waals surface area contributed by atoms with Crippen LogP contribution in [0.5, 0.6) is 0 Å². The third-order valence-corrected chi connectivity index (χ3v) is 7.80. The Balaban J connectivity index is 0.000000812. The molecule has 0 saturated heterocycles. The fourth-order valence-corrected chi connectivity index (χ4v) is 5.42. The first kappa shape index (κ1) is 54.9. The van der Waals surface area contributed by atoms with Crippen molar-refractivity contribution in [2.75, 3.05) is 15.1 Å². The van der Waals surface area contributed by atoms with Gasteiger partial charge in [0.15, 0.2) is 17.1 Å². The van der Waals surface area contributed by atoms with E-state index < -0.39 is 74.5 Å². The topological polar surface area (TPSA) is 187 Å². The minimum Gasteiger partial charge on any atom is -1.00 e. The molecule has 0 fully saturated rings. The van der Waals surface area contributed by atoms with Gasteiger partial charge in [0, 0.05) is 28.1 Å². The van der Waals surface area contributed by atoms with Gasteiger partial charge >= 0.3 is 72.8 Å². The van der Waals surface area contributed by atoms with Crippen LogP contribution in [0.3, 0.4) is 0 Å². The van der Waals surface area contributed by atoms with Crippen molar-refractivity contribution in [3.05, 3.63) is 64.7 Å². The van der Waals surface area contributed by atoms with E-state index in [9.17, 15) is 68.3 Å². The van der Waals surface area contributed by atoms with Crippen LogP contribution in [0.2, 0.25) is 0 Å². The van der Waals surface area contributed by atoms with Gasteiger partial charge in [-0.1, -0.05) is 36.4 Å². The zero-order valence-corrected chi connectivity index (χ0v) is 38.8. The Labute approximate surface area is 385 Å². The van der Waals surface area contributed by atoms with Gasteiger partial charge in [0.25, 0.3) is 16.7 Å². The summed E-state index contributed by atoms with van der Waals surface area (Å²) in [4.78, 5) is 80.8. The molecular formula is C30H32BBrF9IN10NaO6S. The van der Waals surface area contributed by atoms with Crippen LogP contribution in [0, 0.1) is 0 Å². The van der Waals surface area contributed by atoms with Gasteiger partial charge in [0.1, 0.15) is 24.1 Å². The number of amides is 3. The second-order valence-electron chi connectivity index (χ2n) is 12.6. The number of anilines is 3. The number of nitrogens with zero attached hydrogens (tertiary/aromatic N) is 9. The second kappa shape index (κ2) is 21.8. The van der Waals surface area contributed by atoms with Gasteiger partial charge in [-0.2, -0.15) is 39.5 Å². The number of hydrogen-bond acceptors (Lipinski definition) is 11. The van der Waals surface area contributed by atoms with Gasteiger partial charge in [0.05, 0.1) is 0 Å². The summed E-state index contributed by atoms with van der Waals surface area (Å²) in [6.07, 6.45) is -14.2. The molecule has 3 amide bonds. The molecule has 1 radical (unpaired) electrons.